The number of methoxy groups -OCH3 is 2. The lowest BCUT2D eigenvalue weighted by Crippen LogP contribution is -2.52. The molecule has 6 heterocycles. The van der Waals surface area contributed by atoms with E-state index < -0.39 is 72.5 Å². The number of carboxylic acid groups (broad SMARTS) is 1. The molecule has 4 aliphatic rings. The molecule has 10 rings (SSSR count). The number of carbonyl (C=O) groups is 10. The highest BCUT2D eigenvalue weighted by Gasteiger charge is 2.37. The number of nitrogens with zero attached hydrogens (tertiary/aromatic N) is 14. The number of fused-ring (bicyclic) bond motifs is 4. The maximum absolute atomic E-state index is 14.5. The highest BCUT2D eigenvalue weighted by atomic mass is 16.9. The van der Waals surface area contributed by atoms with Gasteiger partial charge in [-0.1, -0.05) is 58.9 Å². The van der Waals surface area contributed by atoms with Crippen molar-refractivity contribution in [2.45, 2.75) is 124 Å². The second-order valence-electron chi connectivity index (χ2n) is 30.0. The summed E-state index contributed by atoms with van der Waals surface area (Å²) in [5.74, 6) is -5.14. The maximum Gasteiger partial charge on any atom is 0.412 e. The van der Waals surface area contributed by atoms with E-state index in [1.165, 1.54) is 26.4 Å². The number of rotatable bonds is 30. The van der Waals surface area contributed by atoms with E-state index in [2.05, 4.69) is 51.5 Å². The van der Waals surface area contributed by atoms with Gasteiger partial charge in [-0.15, -0.1) is 20.4 Å². The zero-order valence-electron chi connectivity index (χ0n) is 68.3. The van der Waals surface area contributed by atoms with Gasteiger partial charge in [0.2, 0.25) is 35.3 Å². The van der Waals surface area contributed by atoms with Crippen LogP contribution in [0.4, 0.5) is 0 Å². The van der Waals surface area contributed by atoms with Gasteiger partial charge in [0.05, 0.1) is 45.0 Å². The predicted molar refractivity (Wildman–Crippen MR) is 427 cm³/mol. The third-order valence-electron chi connectivity index (χ3n) is 21.2. The first-order chi connectivity index (χ1) is 56.1. The molecule has 36 nitrogen and oxygen atoms in total. The van der Waals surface area contributed by atoms with Crippen LogP contribution >= 0.6 is 0 Å². The first kappa shape index (κ1) is 88.2. The number of aliphatic carboxylic acids is 1. The Labute approximate surface area is 680 Å². The second kappa shape index (κ2) is 41.6. The van der Waals surface area contributed by atoms with Crippen molar-refractivity contribution in [3.05, 3.63) is 107 Å². The van der Waals surface area contributed by atoms with Crippen LogP contribution in [0.2, 0.25) is 0 Å². The summed E-state index contributed by atoms with van der Waals surface area (Å²) in [4.78, 5) is 152. The SMILES string of the molecule is CCNC(=O)c1nnc(-c2cc(C(C)C)c(OC)cc2O)n1-c1ccc(CN2CCN(C(=O)CCNC(=O)[C@@H](CCC(=O)N3CCN(Cc4ccc(-n5c(C(=O)NCC)nnc5-c5cc(C(C)C)c(OC)cc5O)cc4)CC3)NC(=O)CC[C@@H]3C(=O)OC4OC(=O)CN(C)CCN3CCN(CC(=O)O)CCN(CC)CC(=O)O4)CC2)cc1. The van der Waals surface area contributed by atoms with E-state index in [9.17, 15) is 63.3 Å². The van der Waals surface area contributed by atoms with Crippen LogP contribution in [0.1, 0.15) is 136 Å². The normalized spacial score (nSPS) is 18.3. The first-order valence-corrected chi connectivity index (χ1v) is 39.9. The topological polar surface area (TPSA) is 413 Å². The molecule has 7 N–H and O–H groups in total. The van der Waals surface area contributed by atoms with Crippen LogP contribution in [-0.2, 0) is 65.7 Å². The van der Waals surface area contributed by atoms with Gasteiger partial charge in [0.15, 0.2) is 11.6 Å². The third kappa shape index (κ3) is 23.4. The molecule has 2 aromatic heterocycles. The van der Waals surface area contributed by atoms with E-state index in [-0.39, 0.29) is 150 Å². The van der Waals surface area contributed by atoms with Crippen LogP contribution in [0.5, 0.6) is 23.0 Å². The van der Waals surface area contributed by atoms with Gasteiger partial charge < -0.3 is 70.1 Å². The standard InChI is InChI=1S/C81H110N18O18/c1-11-82-78(110)75-88-86-73(59-42-57(51(4)5)65(113-9)44-63(59)100)98(75)55-18-14-53(15-19-55)46-92-32-38-96(39-33-92)68(103)25-22-61(85-67(102)24-23-62-80(112)117-81-115-71(107)49-90(8)28-36-95(62)37-31-94(48-70(105)106)30-29-91(13-3)50-72(108)116-81)77(109)84-27-26-69(104)97-40-34-93(35-41-97)47-54-16-20-56(21-17-54)99-74(87-89-76(99)79(111)83-12-2)60-43-58(52(6)7)66(114-10)45-64(60)101/h14-21,42-45,51-52,61-62,81,100-101H,11-13,22-41,46-50H2,1-10H3,(H,82,110)(H,83,111)(H,84,109)(H,85,102)(H,105,106)/t61-,62-,81?/m1/s1. The summed E-state index contributed by atoms with van der Waals surface area (Å²) in [7, 11) is 4.71. The molecule has 0 saturated carbocycles. The van der Waals surface area contributed by atoms with Crippen molar-refractivity contribution in [1.29, 1.82) is 0 Å². The van der Waals surface area contributed by atoms with E-state index in [4.69, 9.17) is 23.7 Å². The van der Waals surface area contributed by atoms with Crippen molar-refractivity contribution < 1.29 is 86.9 Å². The van der Waals surface area contributed by atoms with Crippen molar-refractivity contribution in [2.75, 3.05) is 159 Å². The van der Waals surface area contributed by atoms with Gasteiger partial charge in [-0.05, 0) is 111 Å². The molecule has 2 bridgehead atoms. The molecule has 6 aromatic rings. The Morgan fingerprint density at radius 1 is 0.547 bits per heavy atom. The molecular weight excluding hydrogens is 1510 g/mol. The summed E-state index contributed by atoms with van der Waals surface area (Å²) >= 11 is 0. The quantitative estimate of drug-likeness (QED) is 0.0318. The molecule has 4 saturated heterocycles. The van der Waals surface area contributed by atoms with Gasteiger partial charge >= 0.3 is 30.4 Å². The summed E-state index contributed by atoms with van der Waals surface area (Å²) in [5, 5.41) is 61.0. The van der Waals surface area contributed by atoms with Gasteiger partial charge in [0.25, 0.3) is 11.8 Å². The summed E-state index contributed by atoms with van der Waals surface area (Å²) in [5.41, 5.74) is 5.43. The van der Waals surface area contributed by atoms with Crippen molar-refractivity contribution in [3.8, 4) is 57.1 Å². The molecule has 0 radical (unpaired) electrons. The third-order valence-corrected chi connectivity index (χ3v) is 21.2. The molecular formula is C81H110N18O18. The fourth-order valence-corrected chi connectivity index (χ4v) is 14.6. The number of esters is 3. The number of hydrogen-bond donors (Lipinski definition) is 7. The Kier molecular flexibility index (Phi) is 31.3. The van der Waals surface area contributed by atoms with Gasteiger partial charge in [0, 0.05) is 167 Å². The van der Waals surface area contributed by atoms with Crippen LogP contribution in [0.25, 0.3) is 34.2 Å². The Hall–Kier alpha value is -11.2. The van der Waals surface area contributed by atoms with Crippen molar-refractivity contribution >= 4 is 59.3 Å². The number of phenolic OH excluding ortho intramolecular Hbond substituents is 2. The summed E-state index contributed by atoms with van der Waals surface area (Å²) < 4.78 is 30.8. The zero-order chi connectivity index (χ0) is 84.1. The van der Waals surface area contributed by atoms with Crippen LogP contribution in [0.15, 0.2) is 72.8 Å². The monoisotopic (exact) mass is 1620 g/mol. The van der Waals surface area contributed by atoms with Crippen LogP contribution in [0, 0.1) is 0 Å². The van der Waals surface area contributed by atoms with E-state index in [0.717, 1.165) is 22.3 Å². The minimum Gasteiger partial charge on any atom is -0.507 e. The number of nitrogens with one attached hydrogen (secondary N) is 4. The molecule has 36 heteroatoms. The van der Waals surface area contributed by atoms with Gasteiger partial charge in [-0.25, -0.2) is 0 Å². The Morgan fingerprint density at radius 2 is 1.01 bits per heavy atom. The van der Waals surface area contributed by atoms with E-state index >= 15 is 0 Å². The van der Waals surface area contributed by atoms with Crippen LogP contribution in [-0.4, -0.2) is 321 Å². The summed E-state index contributed by atoms with van der Waals surface area (Å²) in [6.07, 6.45) is -1.05. The molecule has 4 atom stereocenters. The predicted octanol–water partition coefficient (Wildman–Crippen LogP) is 3.15. The second-order valence-corrected chi connectivity index (χ2v) is 30.0. The average Bonchev–Trinajstić information content (AvgIpc) is 1.67. The summed E-state index contributed by atoms with van der Waals surface area (Å²) in [6.45, 7) is 16.9. The fourth-order valence-electron chi connectivity index (χ4n) is 14.6. The number of benzene rings is 4. The van der Waals surface area contributed by atoms with Crippen molar-refractivity contribution in [1.82, 2.24) is 90.0 Å². The molecule has 0 aliphatic carbocycles. The number of carboxylic acids is 1. The van der Waals surface area contributed by atoms with E-state index in [0.29, 0.717) is 119 Å². The van der Waals surface area contributed by atoms with E-state index in [1.807, 2.05) is 76.2 Å². The molecule has 632 valence electrons. The molecule has 6 amide bonds. The number of phenols is 2. The van der Waals surface area contributed by atoms with Crippen LogP contribution < -0.4 is 30.7 Å². The van der Waals surface area contributed by atoms with Gasteiger partial charge in [-0.2, -0.15) is 0 Å². The largest absolute Gasteiger partial charge is 0.507 e. The number of amides is 6. The number of piperazine rings is 2. The zero-order valence-corrected chi connectivity index (χ0v) is 68.3. The molecule has 4 aliphatic heterocycles. The Bertz CT molecular complexity index is 4480. The Morgan fingerprint density at radius 3 is 1.48 bits per heavy atom. The molecule has 117 heavy (non-hydrogen) atoms. The number of ether oxygens (including phenoxy) is 5. The highest BCUT2D eigenvalue weighted by molar-refractivity contribution is 5.93. The number of likely N-dealkylation sites (N-methyl/N-ethyl adjacent to an activating group) is 2. The minimum absolute atomic E-state index is 0.0238. The number of aromatic hydroxyl groups is 2. The van der Waals surface area contributed by atoms with Crippen LogP contribution in [0.3, 0.4) is 0 Å². The lowest BCUT2D eigenvalue weighted by Gasteiger charge is -2.35. The number of aromatic nitrogens is 6. The van der Waals surface area contributed by atoms with Crippen molar-refractivity contribution in [2.24, 2.45) is 0 Å². The van der Waals surface area contributed by atoms with Gasteiger partial charge in [-0.3, -0.25) is 86.5 Å². The lowest BCUT2D eigenvalue weighted by molar-refractivity contribution is -0.260. The molecule has 4 aromatic carbocycles. The molecule has 2 unspecified atom stereocenters. The summed E-state index contributed by atoms with van der Waals surface area (Å²) in [6, 6.07) is 19.2. The Balaban J connectivity index is 0.797. The fraction of sp³-hybridized carbons (Fsp3) is 0.531. The average molecular weight is 1620 g/mol. The van der Waals surface area contributed by atoms with Gasteiger partial charge in [0.1, 0.15) is 35.1 Å². The number of hydrogen-bond acceptors (Lipinski definition) is 27. The maximum atomic E-state index is 14.5. The number of carbonyl (C=O) groups excluding carboxylic acids is 9. The molecule has 0 spiro atoms. The first-order valence-electron chi connectivity index (χ1n) is 39.9. The smallest absolute Gasteiger partial charge is 0.412 e. The van der Waals surface area contributed by atoms with E-state index in [1.54, 1.807) is 78.5 Å². The lowest BCUT2D eigenvalue weighted by atomic mass is 9.98. The molecule has 4 fully saturated rings. The highest BCUT2D eigenvalue weighted by Crippen LogP contribution is 2.41. The minimum atomic E-state index is -2.09. The van der Waals surface area contributed by atoms with Crippen molar-refractivity contribution in [3.63, 3.8) is 0 Å².